The van der Waals surface area contributed by atoms with Crippen molar-refractivity contribution in [2.75, 3.05) is 5.32 Å². The first-order valence-corrected chi connectivity index (χ1v) is 9.16. The van der Waals surface area contributed by atoms with E-state index in [-0.39, 0.29) is 16.8 Å². The van der Waals surface area contributed by atoms with Crippen molar-refractivity contribution in [2.45, 2.75) is 23.6 Å². The zero-order valence-corrected chi connectivity index (χ0v) is 15.4. The minimum atomic E-state index is -0.443. The van der Waals surface area contributed by atoms with E-state index in [0.29, 0.717) is 6.54 Å². The van der Waals surface area contributed by atoms with Gasteiger partial charge in [-0.1, -0.05) is 18.2 Å². The van der Waals surface area contributed by atoms with Gasteiger partial charge in [0.15, 0.2) is 0 Å². The molecular formula is C19H18N4O3S. The Morgan fingerprint density at radius 1 is 1.26 bits per heavy atom. The summed E-state index contributed by atoms with van der Waals surface area (Å²) in [6.07, 6.45) is 5.31. The van der Waals surface area contributed by atoms with Crippen LogP contribution in [0, 0.1) is 10.1 Å². The second-order valence-electron chi connectivity index (χ2n) is 5.89. The number of nitro benzene ring substituents is 1. The Balaban J connectivity index is 1.65. The number of hydrogen-bond acceptors (Lipinski definition) is 5. The maximum Gasteiger partial charge on any atom is 0.269 e. The van der Waals surface area contributed by atoms with Gasteiger partial charge in [-0.15, -0.1) is 11.8 Å². The predicted molar refractivity (Wildman–Crippen MR) is 105 cm³/mol. The van der Waals surface area contributed by atoms with E-state index in [1.165, 1.54) is 23.9 Å². The van der Waals surface area contributed by atoms with Crippen LogP contribution in [0.25, 0.3) is 0 Å². The molecule has 0 spiro atoms. The summed E-state index contributed by atoms with van der Waals surface area (Å²) in [6.45, 7) is 2.42. The lowest BCUT2D eigenvalue weighted by molar-refractivity contribution is -0.384. The standard InChI is InChI=1S/C19H18N4O3S/c1-14(27-17-8-6-16(7-9-17)23(25)26)19(24)21-18-5-3-2-4-15(18)12-22-11-10-20-13-22/h2-11,13-14H,12H2,1H3,(H,21,24)/t14-/m0/s1. The highest BCUT2D eigenvalue weighted by molar-refractivity contribution is 8.00. The third-order valence-electron chi connectivity index (χ3n) is 3.92. The number of non-ortho nitro benzene ring substituents is 1. The minimum Gasteiger partial charge on any atom is -0.333 e. The number of benzene rings is 2. The summed E-state index contributed by atoms with van der Waals surface area (Å²) in [6, 6.07) is 13.8. The summed E-state index contributed by atoms with van der Waals surface area (Å²) in [5.74, 6) is -0.128. The first-order chi connectivity index (χ1) is 13.0. The number of amides is 1. The fraction of sp³-hybridized carbons (Fsp3) is 0.158. The Bertz CT molecular complexity index is 926. The molecule has 2 aromatic carbocycles. The molecule has 0 radical (unpaired) electrons. The van der Waals surface area contributed by atoms with Crippen molar-refractivity contribution >= 4 is 29.0 Å². The molecule has 3 rings (SSSR count). The highest BCUT2D eigenvalue weighted by Gasteiger charge is 2.16. The third-order valence-corrected chi connectivity index (χ3v) is 5.03. The molecular weight excluding hydrogens is 364 g/mol. The average Bonchev–Trinajstić information content (AvgIpc) is 3.17. The Kier molecular flexibility index (Phi) is 5.87. The summed E-state index contributed by atoms with van der Waals surface area (Å²) >= 11 is 1.35. The van der Waals surface area contributed by atoms with Crippen LogP contribution in [0.4, 0.5) is 11.4 Å². The molecule has 8 heteroatoms. The first-order valence-electron chi connectivity index (χ1n) is 8.28. The van der Waals surface area contributed by atoms with Crippen LogP contribution >= 0.6 is 11.8 Å². The number of nitrogens with zero attached hydrogens (tertiary/aromatic N) is 3. The lowest BCUT2D eigenvalue weighted by Gasteiger charge is -2.15. The van der Waals surface area contributed by atoms with E-state index < -0.39 is 4.92 Å². The van der Waals surface area contributed by atoms with Crippen molar-refractivity contribution < 1.29 is 9.72 Å². The quantitative estimate of drug-likeness (QED) is 0.379. The van der Waals surface area contributed by atoms with Gasteiger partial charge < -0.3 is 9.88 Å². The fourth-order valence-electron chi connectivity index (χ4n) is 2.50. The molecule has 1 atom stereocenters. The molecule has 27 heavy (non-hydrogen) atoms. The molecule has 0 saturated carbocycles. The fourth-order valence-corrected chi connectivity index (χ4v) is 3.36. The number of para-hydroxylation sites is 1. The van der Waals surface area contributed by atoms with Gasteiger partial charge in [0.2, 0.25) is 5.91 Å². The highest BCUT2D eigenvalue weighted by Crippen LogP contribution is 2.26. The smallest absolute Gasteiger partial charge is 0.269 e. The number of anilines is 1. The number of thioether (sulfide) groups is 1. The number of nitrogens with one attached hydrogen (secondary N) is 1. The van der Waals surface area contributed by atoms with E-state index >= 15 is 0 Å². The SMILES string of the molecule is C[C@H](Sc1ccc([N+](=O)[O-])cc1)C(=O)Nc1ccccc1Cn1ccnc1. The molecule has 0 bridgehead atoms. The van der Waals surface area contributed by atoms with Crippen LogP contribution < -0.4 is 5.32 Å². The Morgan fingerprint density at radius 2 is 2.00 bits per heavy atom. The molecule has 0 aliphatic carbocycles. The second-order valence-corrected chi connectivity index (χ2v) is 7.31. The van der Waals surface area contributed by atoms with Crippen LogP contribution in [0.15, 0.2) is 72.1 Å². The molecule has 1 amide bonds. The molecule has 0 unspecified atom stereocenters. The number of hydrogen-bond donors (Lipinski definition) is 1. The second kappa shape index (κ2) is 8.50. The summed E-state index contributed by atoms with van der Waals surface area (Å²) in [5, 5.41) is 13.3. The lowest BCUT2D eigenvalue weighted by Crippen LogP contribution is -2.23. The summed E-state index contributed by atoms with van der Waals surface area (Å²) in [4.78, 5) is 27.7. The number of carbonyl (C=O) groups is 1. The number of nitro groups is 1. The largest absolute Gasteiger partial charge is 0.333 e. The van der Waals surface area contributed by atoms with Crippen LogP contribution in [-0.2, 0) is 11.3 Å². The van der Waals surface area contributed by atoms with Crippen molar-refractivity contribution in [3.63, 3.8) is 0 Å². The van der Waals surface area contributed by atoms with Gasteiger partial charge in [0.25, 0.3) is 5.69 Å². The Morgan fingerprint density at radius 3 is 2.67 bits per heavy atom. The van der Waals surface area contributed by atoms with Gasteiger partial charge in [-0.2, -0.15) is 0 Å². The zero-order valence-electron chi connectivity index (χ0n) is 14.6. The maximum atomic E-state index is 12.6. The van der Waals surface area contributed by atoms with Crippen LogP contribution in [0.1, 0.15) is 12.5 Å². The van der Waals surface area contributed by atoms with E-state index in [0.717, 1.165) is 16.1 Å². The molecule has 0 aliphatic heterocycles. The molecule has 1 N–H and O–H groups in total. The normalized spacial score (nSPS) is 11.7. The monoisotopic (exact) mass is 382 g/mol. The minimum absolute atomic E-state index is 0.0323. The number of aromatic nitrogens is 2. The summed E-state index contributed by atoms with van der Waals surface area (Å²) < 4.78 is 1.93. The Labute approximate surface area is 160 Å². The van der Waals surface area contributed by atoms with E-state index in [9.17, 15) is 14.9 Å². The highest BCUT2D eigenvalue weighted by atomic mass is 32.2. The first kappa shape index (κ1) is 18.7. The van der Waals surface area contributed by atoms with Crippen LogP contribution in [0.5, 0.6) is 0 Å². The lowest BCUT2D eigenvalue weighted by atomic mass is 10.1. The van der Waals surface area contributed by atoms with E-state index in [4.69, 9.17) is 0 Å². The van der Waals surface area contributed by atoms with Gasteiger partial charge in [-0.3, -0.25) is 14.9 Å². The molecule has 3 aromatic rings. The Hall–Kier alpha value is -3.13. The van der Waals surface area contributed by atoms with Crippen LogP contribution in [-0.4, -0.2) is 25.6 Å². The van der Waals surface area contributed by atoms with E-state index in [2.05, 4.69) is 10.3 Å². The van der Waals surface area contributed by atoms with Crippen LogP contribution in [0.3, 0.4) is 0 Å². The van der Waals surface area contributed by atoms with Gasteiger partial charge in [0, 0.05) is 35.1 Å². The van der Waals surface area contributed by atoms with Gasteiger partial charge in [-0.25, -0.2) is 4.98 Å². The van der Waals surface area contributed by atoms with Crippen LogP contribution in [0.2, 0.25) is 0 Å². The molecule has 0 aliphatic rings. The third kappa shape index (κ3) is 4.95. The van der Waals surface area contributed by atoms with Gasteiger partial charge in [-0.05, 0) is 30.7 Å². The number of rotatable bonds is 7. The number of imidazole rings is 1. The van der Waals surface area contributed by atoms with Crippen molar-refractivity contribution in [1.82, 2.24) is 9.55 Å². The average molecular weight is 382 g/mol. The van der Waals surface area contributed by atoms with E-state index in [1.807, 2.05) is 35.0 Å². The summed E-state index contributed by atoms with van der Waals surface area (Å²) in [7, 11) is 0. The molecule has 1 heterocycles. The van der Waals surface area contributed by atoms with Gasteiger partial charge >= 0.3 is 0 Å². The van der Waals surface area contributed by atoms with Gasteiger partial charge in [0.1, 0.15) is 0 Å². The van der Waals surface area contributed by atoms with Crippen molar-refractivity contribution in [3.05, 3.63) is 82.9 Å². The topological polar surface area (TPSA) is 90.1 Å². The molecule has 0 fully saturated rings. The summed E-state index contributed by atoms with van der Waals surface area (Å²) in [5.41, 5.74) is 1.77. The van der Waals surface area contributed by atoms with Crippen molar-refractivity contribution in [3.8, 4) is 0 Å². The molecule has 0 saturated heterocycles. The van der Waals surface area contributed by atoms with Gasteiger partial charge in [0.05, 0.1) is 23.0 Å². The van der Waals surface area contributed by atoms with E-state index in [1.54, 1.807) is 31.6 Å². The van der Waals surface area contributed by atoms with Crippen molar-refractivity contribution in [2.24, 2.45) is 0 Å². The zero-order chi connectivity index (χ0) is 19.2. The van der Waals surface area contributed by atoms with Crippen molar-refractivity contribution in [1.29, 1.82) is 0 Å². The predicted octanol–water partition coefficient (Wildman–Crippen LogP) is 3.96. The molecule has 7 nitrogen and oxygen atoms in total. The maximum absolute atomic E-state index is 12.6. The molecule has 138 valence electrons. The molecule has 1 aromatic heterocycles. The number of carbonyl (C=O) groups excluding carboxylic acids is 1.